The Morgan fingerprint density at radius 1 is 1.32 bits per heavy atom. The van der Waals surface area contributed by atoms with Crippen molar-refractivity contribution >= 4 is 41.0 Å². The van der Waals surface area contributed by atoms with Crippen molar-refractivity contribution in [3.8, 4) is 0 Å². The lowest BCUT2D eigenvalue weighted by Gasteiger charge is -2.40. The Balaban J connectivity index is 1.65. The molecule has 11 heteroatoms. The number of thioether (sulfide) groups is 1. The molecule has 1 aromatic heterocycles. The lowest BCUT2D eigenvalue weighted by Crippen LogP contribution is -2.54. The zero-order valence-corrected chi connectivity index (χ0v) is 18.7. The Labute approximate surface area is 189 Å². The number of carbonyl (C=O) groups is 2. The van der Waals surface area contributed by atoms with Crippen LogP contribution in [0.15, 0.2) is 35.5 Å². The van der Waals surface area contributed by atoms with Crippen LogP contribution in [0.25, 0.3) is 0 Å². The molecular formula is C20H23ClFN5O3S. The average molecular weight is 468 g/mol. The first kappa shape index (κ1) is 23.2. The Morgan fingerprint density at radius 3 is 2.81 bits per heavy atom. The maximum Gasteiger partial charge on any atom is 0.257 e. The maximum atomic E-state index is 14.0. The highest BCUT2D eigenvalue weighted by Crippen LogP contribution is 2.25. The fourth-order valence-electron chi connectivity index (χ4n) is 3.18. The van der Waals surface area contributed by atoms with Crippen LogP contribution in [0.1, 0.15) is 24.2 Å². The number of halogens is 2. The van der Waals surface area contributed by atoms with Gasteiger partial charge in [0.15, 0.2) is 5.16 Å². The van der Waals surface area contributed by atoms with Gasteiger partial charge >= 0.3 is 0 Å². The molecule has 1 saturated heterocycles. The summed E-state index contributed by atoms with van der Waals surface area (Å²) in [7, 11) is 0. The van der Waals surface area contributed by atoms with E-state index < -0.39 is 5.82 Å². The molecule has 0 saturated carbocycles. The third-order valence-electron chi connectivity index (χ3n) is 4.64. The molecule has 2 heterocycles. The number of carbonyl (C=O) groups excluding carboxylic acids is 2. The number of hydrogen-bond acceptors (Lipinski definition) is 7. The molecule has 1 N–H and O–H groups in total. The lowest BCUT2D eigenvalue weighted by atomic mass is 10.1. The first-order valence-corrected chi connectivity index (χ1v) is 11.1. The predicted octanol–water partition coefficient (Wildman–Crippen LogP) is 2.78. The van der Waals surface area contributed by atoms with E-state index in [1.807, 2.05) is 11.8 Å². The van der Waals surface area contributed by atoms with Crippen molar-refractivity contribution in [3.05, 3.63) is 46.9 Å². The maximum absolute atomic E-state index is 14.0. The molecule has 0 spiro atoms. The van der Waals surface area contributed by atoms with Crippen LogP contribution in [-0.2, 0) is 9.63 Å². The van der Waals surface area contributed by atoms with Gasteiger partial charge in [-0.1, -0.05) is 35.5 Å². The van der Waals surface area contributed by atoms with Gasteiger partial charge in [-0.2, -0.15) is 0 Å². The topological polar surface area (TPSA) is 87.7 Å². The first-order chi connectivity index (χ1) is 14.9. The lowest BCUT2D eigenvalue weighted by molar-refractivity contribution is -0.130. The number of benzene rings is 1. The number of hydrogen-bond donors (Lipinski definition) is 1. The SMILES string of the molecule is CCONC(=O)CSc1nc(Cl)cc(N2CCN(C(=O)c3ccccc3F)C(C)C2)n1. The quantitative estimate of drug-likeness (QED) is 0.290. The number of amides is 2. The Morgan fingerprint density at radius 2 is 2.10 bits per heavy atom. The van der Waals surface area contributed by atoms with Crippen LogP contribution in [0.4, 0.5) is 10.2 Å². The van der Waals surface area contributed by atoms with E-state index in [0.717, 1.165) is 11.8 Å². The molecule has 8 nitrogen and oxygen atoms in total. The smallest absolute Gasteiger partial charge is 0.257 e. The monoisotopic (exact) mass is 467 g/mol. The average Bonchev–Trinajstić information content (AvgIpc) is 2.75. The summed E-state index contributed by atoms with van der Waals surface area (Å²) >= 11 is 7.30. The van der Waals surface area contributed by atoms with Gasteiger partial charge in [-0.3, -0.25) is 14.4 Å². The number of rotatable bonds is 7. The van der Waals surface area contributed by atoms with Crippen molar-refractivity contribution in [2.45, 2.75) is 25.0 Å². The third kappa shape index (κ3) is 6.05. The van der Waals surface area contributed by atoms with E-state index in [-0.39, 0.29) is 34.3 Å². The van der Waals surface area contributed by atoms with Crippen LogP contribution >= 0.6 is 23.4 Å². The Hall–Kier alpha value is -2.43. The largest absolute Gasteiger partial charge is 0.353 e. The van der Waals surface area contributed by atoms with Crippen molar-refractivity contribution < 1.29 is 18.8 Å². The van der Waals surface area contributed by atoms with Gasteiger partial charge in [0, 0.05) is 31.7 Å². The van der Waals surface area contributed by atoms with E-state index in [2.05, 4.69) is 15.4 Å². The van der Waals surface area contributed by atoms with Crippen molar-refractivity contribution in [3.63, 3.8) is 0 Å². The van der Waals surface area contributed by atoms with Gasteiger partial charge in [-0.15, -0.1) is 0 Å². The van der Waals surface area contributed by atoms with Gasteiger partial charge in [0.25, 0.3) is 11.8 Å². The summed E-state index contributed by atoms with van der Waals surface area (Å²) in [6.07, 6.45) is 0. The van der Waals surface area contributed by atoms with Gasteiger partial charge in [0.1, 0.15) is 16.8 Å². The van der Waals surface area contributed by atoms with Gasteiger partial charge in [0.2, 0.25) is 0 Å². The molecule has 0 aliphatic carbocycles. The fourth-order valence-corrected chi connectivity index (χ4v) is 4.05. The standard InChI is InChI=1S/C20H23ClFN5O3S/c1-3-30-25-18(28)12-31-20-23-16(21)10-17(24-20)26-8-9-27(13(2)11-26)19(29)14-6-4-5-7-15(14)22/h4-7,10,13H,3,8-9,11-12H2,1-2H3,(H,25,28). The second-order valence-electron chi connectivity index (χ2n) is 6.85. The van der Waals surface area contributed by atoms with Crippen molar-refractivity contribution in [2.24, 2.45) is 0 Å². The molecule has 1 aliphatic rings. The highest BCUT2D eigenvalue weighted by molar-refractivity contribution is 7.99. The van der Waals surface area contributed by atoms with E-state index in [0.29, 0.717) is 37.2 Å². The van der Waals surface area contributed by atoms with Crippen LogP contribution < -0.4 is 10.4 Å². The molecule has 2 amide bonds. The minimum absolute atomic E-state index is 0.0666. The minimum Gasteiger partial charge on any atom is -0.353 e. The third-order valence-corrected chi connectivity index (χ3v) is 5.68. The molecule has 2 aromatic rings. The molecular weight excluding hydrogens is 445 g/mol. The van der Waals surface area contributed by atoms with E-state index >= 15 is 0 Å². The molecule has 1 aromatic carbocycles. The number of anilines is 1. The number of hydroxylamine groups is 1. The summed E-state index contributed by atoms with van der Waals surface area (Å²) in [6, 6.07) is 7.46. The molecule has 166 valence electrons. The molecule has 31 heavy (non-hydrogen) atoms. The zero-order chi connectivity index (χ0) is 22.4. The molecule has 3 rings (SSSR count). The number of nitrogens with one attached hydrogen (secondary N) is 1. The van der Waals surface area contributed by atoms with Crippen LogP contribution in [0.3, 0.4) is 0 Å². The van der Waals surface area contributed by atoms with E-state index in [4.69, 9.17) is 16.4 Å². The van der Waals surface area contributed by atoms with Crippen LogP contribution in [0, 0.1) is 5.82 Å². The second kappa shape index (κ2) is 10.7. The molecule has 1 atom stereocenters. The summed E-state index contributed by atoms with van der Waals surface area (Å²) < 4.78 is 14.0. The molecule has 0 radical (unpaired) electrons. The normalized spacial score (nSPS) is 16.3. The van der Waals surface area contributed by atoms with Gasteiger partial charge in [-0.05, 0) is 26.0 Å². The van der Waals surface area contributed by atoms with Crippen molar-refractivity contribution in [1.82, 2.24) is 20.3 Å². The number of nitrogens with zero attached hydrogens (tertiary/aromatic N) is 4. The van der Waals surface area contributed by atoms with E-state index in [9.17, 15) is 14.0 Å². The summed E-state index contributed by atoms with van der Waals surface area (Å²) in [6.45, 7) is 5.47. The van der Waals surface area contributed by atoms with Crippen molar-refractivity contribution in [2.75, 3.05) is 36.9 Å². The Bertz CT molecular complexity index is 951. The highest BCUT2D eigenvalue weighted by atomic mass is 35.5. The predicted molar refractivity (Wildman–Crippen MR) is 117 cm³/mol. The molecule has 1 unspecified atom stereocenters. The minimum atomic E-state index is -0.528. The molecule has 1 aliphatic heterocycles. The van der Waals surface area contributed by atoms with Crippen molar-refractivity contribution in [1.29, 1.82) is 0 Å². The summed E-state index contributed by atoms with van der Waals surface area (Å²) in [5, 5.41) is 0.627. The van der Waals surface area contributed by atoms with Crippen LogP contribution in [0.2, 0.25) is 5.15 Å². The zero-order valence-electron chi connectivity index (χ0n) is 17.2. The first-order valence-electron chi connectivity index (χ1n) is 9.77. The summed E-state index contributed by atoms with van der Waals surface area (Å²) in [5.41, 5.74) is 2.38. The fraction of sp³-hybridized carbons (Fsp3) is 0.400. The summed E-state index contributed by atoms with van der Waals surface area (Å²) in [5.74, 6) is -0.466. The Kier molecular flexibility index (Phi) is 8.05. The highest BCUT2D eigenvalue weighted by Gasteiger charge is 2.30. The van der Waals surface area contributed by atoms with E-state index in [1.165, 1.54) is 12.1 Å². The van der Waals surface area contributed by atoms with Crippen LogP contribution in [-0.4, -0.2) is 64.7 Å². The molecule has 0 bridgehead atoms. The van der Waals surface area contributed by atoms with E-state index in [1.54, 1.807) is 30.0 Å². The van der Waals surface area contributed by atoms with Crippen LogP contribution in [0.5, 0.6) is 0 Å². The summed E-state index contributed by atoms with van der Waals surface area (Å²) in [4.78, 5) is 41.7. The number of aromatic nitrogens is 2. The van der Waals surface area contributed by atoms with Gasteiger partial charge in [-0.25, -0.2) is 19.8 Å². The van der Waals surface area contributed by atoms with Gasteiger partial charge in [0.05, 0.1) is 17.9 Å². The van der Waals surface area contributed by atoms with Gasteiger partial charge < -0.3 is 9.80 Å². The second-order valence-corrected chi connectivity index (χ2v) is 8.18. The number of piperazine rings is 1. The molecule has 1 fully saturated rings.